The highest BCUT2D eigenvalue weighted by atomic mass is 16.6. The topological polar surface area (TPSA) is 121 Å². The number of rotatable bonds is 14. The minimum absolute atomic E-state index is 0.0128. The number of nitro groups is 1. The maximum Gasteiger partial charge on any atom is 0.336 e. The van der Waals surface area contributed by atoms with Gasteiger partial charge in [-0.25, -0.2) is 4.79 Å². The van der Waals surface area contributed by atoms with Gasteiger partial charge < -0.3 is 15.3 Å². The standard InChI is InChI=1S/C21H33NO6/c1-3-5-7-9-11-17(23)19-15(21(25)26)13-14-16(22(27)28)20(19)18(24)12-10-8-6-4-2/h13-14,17-18,23-24H,3-12H2,1-2H3,(H,25,26). The first-order valence-electron chi connectivity index (χ1n) is 10.3. The molecule has 0 amide bonds. The summed E-state index contributed by atoms with van der Waals surface area (Å²) in [5.41, 5.74) is -0.586. The average molecular weight is 395 g/mol. The van der Waals surface area contributed by atoms with Gasteiger partial charge in [0.2, 0.25) is 0 Å². The zero-order valence-electron chi connectivity index (χ0n) is 16.9. The van der Waals surface area contributed by atoms with Gasteiger partial charge in [0.1, 0.15) is 0 Å². The van der Waals surface area contributed by atoms with Crippen LogP contribution in [0.5, 0.6) is 0 Å². The summed E-state index contributed by atoms with van der Waals surface area (Å²) in [6.07, 6.45) is 5.42. The molecule has 2 unspecified atom stereocenters. The Kier molecular flexibility index (Phi) is 10.7. The molecule has 7 nitrogen and oxygen atoms in total. The van der Waals surface area contributed by atoms with Crippen LogP contribution < -0.4 is 0 Å². The minimum Gasteiger partial charge on any atom is -0.478 e. The molecule has 7 heteroatoms. The lowest BCUT2D eigenvalue weighted by Crippen LogP contribution is -2.15. The maximum absolute atomic E-state index is 11.7. The summed E-state index contributed by atoms with van der Waals surface area (Å²) in [4.78, 5) is 22.6. The Morgan fingerprint density at radius 3 is 1.86 bits per heavy atom. The number of carboxylic acids is 1. The molecule has 1 aromatic carbocycles. The van der Waals surface area contributed by atoms with Gasteiger partial charge in [-0.3, -0.25) is 10.1 Å². The van der Waals surface area contributed by atoms with Crippen LogP contribution in [-0.4, -0.2) is 26.2 Å². The Balaban J connectivity index is 3.27. The first kappa shape index (κ1) is 24.0. The lowest BCUT2D eigenvalue weighted by atomic mass is 9.87. The fourth-order valence-electron chi connectivity index (χ4n) is 3.50. The van der Waals surface area contributed by atoms with Crippen molar-refractivity contribution in [3.63, 3.8) is 0 Å². The highest BCUT2D eigenvalue weighted by Gasteiger charge is 2.31. The predicted molar refractivity (Wildman–Crippen MR) is 107 cm³/mol. The average Bonchev–Trinajstić information content (AvgIpc) is 2.66. The summed E-state index contributed by atoms with van der Waals surface area (Å²) in [6.45, 7) is 4.12. The fraction of sp³-hybridized carbons (Fsp3) is 0.667. The van der Waals surface area contributed by atoms with Crippen molar-refractivity contribution < 1.29 is 25.0 Å². The van der Waals surface area contributed by atoms with Crippen LogP contribution in [0.4, 0.5) is 5.69 Å². The molecule has 0 aliphatic carbocycles. The lowest BCUT2D eigenvalue weighted by Gasteiger charge is -2.21. The quantitative estimate of drug-likeness (QED) is 0.223. The number of nitro benzene ring substituents is 1. The Morgan fingerprint density at radius 1 is 0.929 bits per heavy atom. The van der Waals surface area contributed by atoms with E-state index in [2.05, 4.69) is 13.8 Å². The SMILES string of the molecule is CCCCCCC(O)c1c(C(=O)O)ccc([N+](=O)[O-])c1C(O)CCCCCC. The molecular formula is C21H33NO6. The molecule has 158 valence electrons. The van der Waals surface area contributed by atoms with Crippen LogP contribution in [0.25, 0.3) is 0 Å². The van der Waals surface area contributed by atoms with Crippen molar-refractivity contribution in [2.45, 2.75) is 90.3 Å². The number of aliphatic hydroxyl groups excluding tert-OH is 2. The molecule has 0 aliphatic rings. The van der Waals surface area contributed by atoms with Crippen LogP contribution in [0.3, 0.4) is 0 Å². The van der Waals surface area contributed by atoms with Crippen LogP contribution in [0.2, 0.25) is 0 Å². The summed E-state index contributed by atoms with van der Waals surface area (Å²) in [6, 6.07) is 2.26. The number of hydrogen-bond acceptors (Lipinski definition) is 5. The molecule has 1 aromatic rings. The van der Waals surface area contributed by atoms with Crippen LogP contribution >= 0.6 is 0 Å². The van der Waals surface area contributed by atoms with Crippen molar-refractivity contribution in [1.82, 2.24) is 0 Å². The molecule has 0 saturated carbocycles. The Labute approximate surface area is 166 Å². The van der Waals surface area contributed by atoms with Gasteiger partial charge in [0.05, 0.1) is 28.3 Å². The van der Waals surface area contributed by atoms with Crippen LogP contribution in [0.1, 0.15) is 112 Å². The van der Waals surface area contributed by atoms with Crippen molar-refractivity contribution in [2.24, 2.45) is 0 Å². The Bertz CT molecular complexity index is 591. The van der Waals surface area contributed by atoms with Gasteiger partial charge >= 0.3 is 5.97 Å². The van der Waals surface area contributed by atoms with E-state index in [9.17, 15) is 30.2 Å². The molecule has 28 heavy (non-hydrogen) atoms. The lowest BCUT2D eigenvalue weighted by molar-refractivity contribution is -0.386. The van der Waals surface area contributed by atoms with E-state index in [0.29, 0.717) is 25.7 Å². The molecule has 0 aromatic heterocycles. The zero-order chi connectivity index (χ0) is 21.1. The number of hydrogen-bond donors (Lipinski definition) is 3. The molecule has 0 radical (unpaired) electrons. The molecule has 3 N–H and O–H groups in total. The minimum atomic E-state index is -1.27. The number of nitrogens with zero attached hydrogens (tertiary/aromatic N) is 1. The summed E-state index contributed by atoms with van der Waals surface area (Å²) in [5, 5.41) is 42.5. The summed E-state index contributed by atoms with van der Waals surface area (Å²) < 4.78 is 0. The molecule has 0 fully saturated rings. The van der Waals surface area contributed by atoms with Gasteiger partial charge in [0.15, 0.2) is 0 Å². The van der Waals surface area contributed by atoms with Gasteiger partial charge in [-0.15, -0.1) is 0 Å². The normalized spacial score (nSPS) is 13.3. The van der Waals surface area contributed by atoms with Crippen molar-refractivity contribution >= 4 is 11.7 Å². The number of benzene rings is 1. The second kappa shape index (κ2) is 12.5. The van der Waals surface area contributed by atoms with E-state index in [1.54, 1.807) is 0 Å². The number of unbranched alkanes of at least 4 members (excludes halogenated alkanes) is 6. The van der Waals surface area contributed by atoms with Crippen molar-refractivity contribution in [3.05, 3.63) is 38.9 Å². The van der Waals surface area contributed by atoms with E-state index in [4.69, 9.17) is 0 Å². The van der Waals surface area contributed by atoms with Gasteiger partial charge in [-0.05, 0) is 18.9 Å². The molecule has 0 heterocycles. The molecule has 0 aliphatic heterocycles. The van der Waals surface area contributed by atoms with Gasteiger partial charge in [0.25, 0.3) is 5.69 Å². The van der Waals surface area contributed by atoms with Gasteiger partial charge in [0, 0.05) is 11.6 Å². The van der Waals surface area contributed by atoms with E-state index in [0.717, 1.165) is 50.7 Å². The largest absolute Gasteiger partial charge is 0.478 e. The smallest absolute Gasteiger partial charge is 0.336 e. The number of aliphatic hydroxyl groups is 2. The first-order valence-corrected chi connectivity index (χ1v) is 10.3. The van der Waals surface area contributed by atoms with E-state index in [1.807, 2.05) is 0 Å². The molecule has 0 spiro atoms. The fourth-order valence-corrected chi connectivity index (χ4v) is 3.50. The predicted octanol–water partition coefficient (Wildman–Crippen LogP) is 5.30. The highest BCUT2D eigenvalue weighted by Crippen LogP contribution is 2.38. The third-order valence-corrected chi connectivity index (χ3v) is 5.02. The second-order valence-electron chi connectivity index (χ2n) is 7.25. The summed E-state index contributed by atoms with van der Waals surface area (Å²) in [5.74, 6) is -1.27. The van der Waals surface area contributed by atoms with Crippen molar-refractivity contribution in [2.75, 3.05) is 0 Å². The maximum atomic E-state index is 11.7. The number of carbonyl (C=O) groups is 1. The Hall–Kier alpha value is -1.99. The van der Waals surface area contributed by atoms with Crippen LogP contribution in [0.15, 0.2) is 12.1 Å². The van der Waals surface area contributed by atoms with E-state index < -0.39 is 23.1 Å². The van der Waals surface area contributed by atoms with E-state index in [1.165, 1.54) is 0 Å². The molecular weight excluding hydrogens is 362 g/mol. The monoisotopic (exact) mass is 395 g/mol. The molecule has 2 atom stereocenters. The molecule has 1 rings (SSSR count). The van der Waals surface area contributed by atoms with Crippen LogP contribution in [-0.2, 0) is 0 Å². The molecule has 0 bridgehead atoms. The number of aromatic carboxylic acids is 1. The van der Waals surface area contributed by atoms with Crippen molar-refractivity contribution in [3.8, 4) is 0 Å². The number of carboxylic acid groups (broad SMARTS) is 1. The summed E-state index contributed by atoms with van der Waals surface area (Å²) >= 11 is 0. The third-order valence-electron chi connectivity index (χ3n) is 5.02. The summed E-state index contributed by atoms with van der Waals surface area (Å²) in [7, 11) is 0. The second-order valence-corrected chi connectivity index (χ2v) is 7.25. The zero-order valence-corrected chi connectivity index (χ0v) is 16.9. The van der Waals surface area contributed by atoms with Gasteiger partial charge in [-0.2, -0.15) is 0 Å². The third kappa shape index (κ3) is 6.87. The van der Waals surface area contributed by atoms with E-state index in [-0.39, 0.29) is 22.4 Å². The van der Waals surface area contributed by atoms with E-state index >= 15 is 0 Å². The molecule has 0 saturated heterocycles. The van der Waals surface area contributed by atoms with Crippen LogP contribution in [0, 0.1) is 10.1 Å². The highest BCUT2D eigenvalue weighted by molar-refractivity contribution is 5.90. The van der Waals surface area contributed by atoms with Crippen molar-refractivity contribution in [1.29, 1.82) is 0 Å². The first-order chi connectivity index (χ1) is 13.3. The van der Waals surface area contributed by atoms with Gasteiger partial charge in [-0.1, -0.05) is 65.2 Å². The Morgan fingerprint density at radius 2 is 1.43 bits per heavy atom.